The van der Waals surface area contributed by atoms with Crippen LogP contribution in [0.25, 0.3) is 0 Å². The van der Waals surface area contributed by atoms with E-state index in [4.69, 9.17) is 5.11 Å². The Balaban J connectivity index is 1.59. The van der Waals surface area contributed by atoms with Crippen LogP contribution < -0.4 is 4.90 Å². The average Bonchev–Trinajstić information content (AvgIpc) is 3.15. The molecule has 22 heavy (non-hydrogen) atoms. The Hall–Kier alpha value is -1.88. The Morgan fingerprint density at radius 3 is 2.45 bits per heavy atom. The van der Waals surface area contributed by atoms with Gasteiger partial charge in [-0.15, -0.1) is 0 Å². The Labute approximate surface area is 130 Å². The standard InChI is InChI=1S/C17H22N2O3/c20-16-11-14(17(21)22)12-19(16)15-5-3-13(4-6-15)7-10-18-8-1-2-9-18/h3-6,14H,1-2,7-12H2,(H,21,22). The predicted octanol–water partition coefficient (Wildman–Crippen LogP) is 1.76. The second-order valence-corrected chi connectivity index (χ2v) is 6.21. The molecule has 2 heterocycles. The molecule has 1 aromatic carbocycles. The number of hydrogen-bond donors (Lipinski definition) is 1. The number of benzene rings is 1. The van der Waals surface area contributed by atoms with Crippen molar-refractivity contribution in [2.45, 2.75) is 25.7 Å². The molecule has 2 saturated heterocycles. The van der Waals surface area contributed by atoms with Gasteiger partial charge in [0.15, 0.2) is 0 Å². The number of carbonyl (C=O) groups is 2. The van der Waals surface area contributed by atoms with E-state index in [1.54, 1.807) is 4.90 Å². The molecular formula is C17H22N2O3. The van der Waals surface area contributed by atoms with Crippen molar-refractivity contribution in [3.05, 3.63) is 29.8 Å². The fraction of sp³-hybridized carbons (Fsp3) is 0.529. The summed E-state index contributed by atoms with van der Waals surface area (Å²) < 4.78 is 0. The summed E-state index contributed by atoms with van der Waals surface area (Å²) in [5.74, 6) is -1.57. The van der Waals surface area contributed by atoms with Crippen molar-refractivity contribution in [2.24, 2.45) is 5.92 Å². The molecule has 118 valence electrons. The smallest absolute Gasteiger partial charge is 0.308 e. The number of anilines is 1. The summed E-state index contributed by atoms with van der Waals surface area (Å²) in [6, 6.07) is 7.96. The van der Waals surface area contributed by atoms with Crippen molar-refractivity contribution in [3.8, 4) is 0 Å². The molecule has 1 N–H and O–H groups in total. The van der Waals surface area contributed by atoms with Gasteiger partial charge in [0.1, 0.15) is 0 Å². The molecule has 5 nitrogen and oxygen atoms in total. The lowest BCUT2D eigenvalue weighted by Gasteiger charge is -2.17. The predicted molar refractivity (Wildman–Crippen MR) is 83.9 cm³/mol. The number of rotatable bonds is 5. The summed E-state index contributed by atoms with van der Waals surface area (Å²) in [7, 11) is 0. The second-order valence-electron chi connectivity index (χ2n) is 6.21. The van der Waals surface area contributed by atoms with Gasteiger partial charge < -0.3 is 14.9 Å². The number of nitrogens with zero attached hydrogens (tertiary/aromatic N) is 2. The van der Waals surface area contributed by atoms with Gasteiger partial charge in [-0.2, -0.15) is 0 Å². The van der Waals surface area contributed by atoms with E-state index in [2.05, 4.69) is 4.90 Å². The first-order valence-corrected chi connectivity index (χ1v) is 7.98. The number of aliphatic carboxylic acids is 1. The Morgan fingerprint density at radius 1 is 1.18 bits per heavy atom. The molecule has 1 unspecified atom stereocenters. The molecule has 0 aromatic heterocycles. The number of likely N-dealkylation sites (tertiary alicyclic amines) is 1. The molecule has 0 saturated carbocycles. The molecule has 3 rings (SSSR count). The maximum Gasteiger partial charge on any atom is 0.308 e. The molecule has 0 spiro atoms. The average molecular weight is 302 g/mol. The van der Waals surface area contributed by atoms with Gasteiger partial charge in [-0.3, -0.25) is 9.59 Å². The highest BCUT2D eigenvalue weighted by molar-refractivity contribution is 5.99. The first kappa shape index (κ1) is 15.0. The summed E-state index contributed by atoms with van der Waals surface area (Å²) in [5, 5.41) is 9.03. The molecule has 5 heteroatoms. The van der Waals surface area contributed by atoms with Crippen molar-refractivity contribution < 1.29 is 14.7 Å². The molecule has 2 fully saturated rings. The first-order chi connectivity index (χ1) is 10.6. The number of carboxylic acids is 1. The van der Waals surface area contributed by atoms with E-state index in [1.165, 1.54) is 31.5 Å². The van der Waals surface area contributed by atoms with Crippen LogP contribution in [0.15, 0.2) is 24.3 Å². The normalized spacial score (nSPS) is 22.5. The maximum atomic E-state index is 11.9. The molecular weight excluding hydrogens is 280 g/mol. The minimum Gasteiger partial charge on any atom is -0.481 e. The zero-order valence-electron chi connectivity index (χ0n) is 12.7. The van der Waals surface area contributed by atoms with Gasteiger partial charge in [0.2, 0.25) is 5.91 Å². The highest BCUT2D eigenvalue weighted by atomic mass is 16.4. The molecule has 0 radical (unpaired) electrons. The van der Waals surface area contributed by atoms with Crippen LogP contribution in [0.2, 0.25) is 0 Å². The van der Waals surface area contributed by atoms with Gasteiger partial charge in [0.05, 0.1) is 5.92 Å². The summed E-state index contributed by atoms with van der Waals surface area (Å²) in [5.41, 5.74) is 2.07. The van der Waals surface area contributed by atoms with Gasteiger partial charge in [0.25, 0.3) is 0 Å². The molecule has 1 aromatic rings. The van der Waals surface area contributed by atoms with Crippen LogP contribution in [0.3, 0.4) is 0 Å². The monoisotopic (exact) mass is 302 g/mol. The zero-order valence-corrected chi connectivity index (χ0v) is 12.7. The van der Waals surface area contributed by atoms with E-state index >= 15 is 0 Å². The summed E-state index contributed by atoms with van der Waals surface area (Å²) in [6.45, 7) is 3.78. The van der Waals surface area contributed by atoms with E-state index in [9.17, 15) is 9.59 Å². The SMILES string of the molecule is O=C(O)C1CC(=O)N(c2ccc(CCN3CCCC3)cc2)C1. The zero-order chi connectivity index (χ0) is 15.5. The van der Waals surface area contributed by atoms with Gasteiger partial charge in [0, 0.05) is 25.2 Å². The highest BCUT2D eigenvalue weighted by Gasteiger charge is 2.34. The third-order valence-electron chi connectivity index (χ3n) is 4.64. The van der Waals surface area contributed by atoms with Crippen LogP contribution in [-0.4, -0.2) is 48.1 Å². The van der Waals surface area contributed by atoms with Crippen molar-refractivity contribution in [1.29, 1.82) is 0 Å². The van der Waals surface area contributed by atoms with E-state index in [1.807, 2.05) is 24.3 Å². The molecule has 0 aliphatic carbocycles. The number of carbonyl (C=O) groups excluding carboxylic acids is 1. The molecule has 0 bridgehead atoms. The van der Waals surface area contributed by atoms with E-state index in [0.717, 1.165) is 18.7 Å². The third kappa shape index (κ3) is 3.30. The highest BCUT2D eigenvalue weighted by Crippen LogP contribution is 2.25. The Kier molecular flexibility index (Phi) is 4.43. The Bertz CT molecular complexity index is 550. The summed E-state index contributed by atoms with van der Waals surface area (Å²) in [6.07, 6.45) is 3.74. The van der Waals surface area contributed by atoms with Gasteiger partial charge in [-0.25, -0.2) is 0 Å². The molecule has 2 aliphatic heterocycles. The van der Waals surface area contributed by atoms with Crippen LogP contribution in [0.1, 0.15) is 24.8 Å². The van der Waals surface area contributed by atoms with Crippen molar-refractivity contribution in [1.82, 2.24) is 4.90 Å². The largest absolute Gasteiger partial charge is 0.481 e. The molecule has 2 aliphatic rings. The minimum atomic E-state index is -0.891. The molecule has 1 amide bonds. The maximum absolute atomic E-state index is 11.9. The van der Waals surface area contributed by atoms with Crippen molar-refractivity contribution >= 4 is 17.6 Å². The fourth-order valence-corrected chi connectivity index (χ4v) is 3.26. The van der Waals surface area contributed by atoms with E-state index < -0.39 is 11.9 Å². The van der Waals surface area contributed by atoms with Crippen LogP contribution in [0.5, 0.6) is 0 Å². The van der Waals surface area contributed by atoms with Crippen LogP contribution in [0, 0.1) is 5.92 Å². The topological polar surface area (TPSA) is 60.9 Å². The lowest BCUT2D eigenvalue weighted by Crippen LogP contribution is -2.25. The first-order valence-electron chi connectivity index (χ1n) is 7.98. The van der Waals surface area contributed by atoms with Crippen LogP contribution >= 0.6 is 0 Å². The second kappa shape index (κ2) is 6.48. The lowest BCUT2D eigenvalue weighted by molar-refractivity contribution is -0.141. The van der Waals surface area contributed by atoms with Crippen molar-refractivity contribution in [3.63, 3.8) is 0 Å². The summed E-state index contributed by atoms with van der Waals surface area (Å²) >= 11 is 0. The van der Waals surface area contributed by atoms with E-state index in [0.29, 0.717) is 0 Å². The summed E-state index contributed by atoms with van der Waals surface area (Å²) in [4.78, 5) is 27.0. The van der Waals surface area contributed by atoms with Gasteiger partial charge in [-0.1, -0.05) is 12.1 Å². The fourth-order valence-electron chi connectivity index (χ4n) is 3.26. The van der Waals surface area contributed by atoms with Crippen molar-refractivity contribution in [2.75, 3.05) is 31.1 Å². The number of amides is 1. The quantitative estimate of drug-likeness (QED) is 0.900. The molecule has 1 atom stereocenters. The number of hydrogen-bond acceptors (Lipinski definition) is 3. The van der Waals surface area contributed by atoms with Crippen LogP contribution in [0.4, 0.5) is 5.69 Å². The van der Waals surface area contributed by atoms with E-state index in [-0.39, 0.29) is 18.9 Å². The number of carboxylic acid groups (broad SMARTS) is 1. The van der Waals surface area contributed by atoms with Crippen LogP contribution in [-0.2, 0) is 16.0 Å². The van der Waals surface area contributed by atoms with Gasteiger partial charge in [-0.05, 0) is 50.0 Å². The van der Waals surface area contributed by atoms with Gasteiger partial charge >= 0.3 is 5.97 Å². The minimum absolute atomic E-state index is 0.0998. The third-order valence-corrected chi connectivity index (χ3v) is 4.64. The lowest BCUT2D eigenvalue weighted by atomic mass is 10.1. The Morgan fingerprint density at radius 2 is 1.86 bits per heavy atom.